The van der Waals surface area contributed by atoms with Crippen LogP contribution in [0.15, 0.2) is 60.0 Å². The minimum absolute atomic E-state index is 0.109. The highest BCUT2D eigenvalue weighted by Gasteiger charge is 2.11. The van der Waals surface area contributed by atoms with Crippen LogP contribution in [0.25, 0.3) is 10.9 Å². The van der Waals surface area contributed by atoms with Crippen molar-refractivity contribution in [2.75, 3.05) is 13.0 Å². The Morgan fingerprint density at radius 3 is 2.77 bits per heavy atom. The summed E-state index contributed by atoms with van der Waals surface area (Å²) in [7, 11) is 1.63. The summed E-state index contributed by atoms with van der Waals surface area (Å²) in [4.78, 5) is 21.0. The SMILES string of the molecule is COc1ccc2c(CC(=NNC(=O)CCCCCCl)c3ccccn3)ccnc2c1. The van der Waals surface area contributed by atoms with E-state index >= 15 is 0 Å². The van der Waals surface area contributed by atoms with Crippen LogP contribution >= 0.6 is 11.6 Å². The van der Waals surface area contributed by atoms with Gasteiger partial charge in [-0.1, -0.05) is 12.5 Å². The van der Waals surface area contributed by atoms with Crippen LogP contribution in [0, 0.1) is 0 Å². The van der Waals surface area contributed by atoms with Crippen LogP contribution in [0.2, 0.25) is 0 Å². The molecular formula is C23H25ClN4O2. The molecule has 0 bridgehead atoms. The average Bonchev–Trinajstić information content (AvgIpc) is 2.79. The van der Waals surface area contributed by atoms with E-state index in [-0.39, 0.29) is 5.91 Å². The maximum absolute atomic E-state index is 12.2. The Kier molecular flexibility index (Phi) is 8.15. The number of rotatable bonds is 10. The van der Waals surface area contributed by atoms with Crippen molar-refractivity contribution in [2.45, 2.75) is 32.1 Å². The van der Waals surface area contributed by atoms with Crippen molar-refractivity contribution in [3.63, 3.8) is 0 Å². The second-order valence-electron chi connectivity index (χ2n) is 6.84. The molecule has 0 saturated heterocycles. The van der Waals surface area contributed by atoms with Crippen molar-refractivity contribution < 1.29 is 9.53 Å². The number of pyridine rings is 2. The number of hydrazone groups is 1. The van der Waals surface area contributed by atoms with Crippen LogP contribution < -0.4 is 10.2 Å². The van der Waals surface area contributed by atoms with E-state index < -0.39 is 0 Å². The number of aromatic nitrogens is 2. The molecule has 0 fully saturated rings. The van der Waals surface area contributed by atoms with Crippen molar-refractivity contribution in [3.8, 4) is 5.75 Å². The van der Waals surface area contributed by atoms with E-state index in [1.54, 1.807) is 19.5 Å². The van der Waals surface area contributed by atoms with Gasteiger partial charge in [0.2, 0.25) is 5.91 Å². The van der Waals surface area contributed by atoms with Gasteiger partial charge in [0.05, 0.1) is 24.0 Å². The van der Waals surface area contributed by atoms with Gasteiger partial charge in [-0.05, 0) is 48.7 Å². The number of amides is 1. The molecule has 0 aliphatic heterocycles. The summed E-state index contributed by atoms with van der Waals surface area (Å²) < 4.78 is 5.30. The zero-order valence-corrected chi connectivity index (χ0v) is 17.7. The molecule has 1 aromatic carbocycles. The number of nitrogens with zero attached hydrogens (tertiary/aromatic N) is 3. The lowest BCUT2D eigenvalue weighted by molar-refractivity contribution is -0.121. The lowest BCUT2D eigenvalue weighted by atomic mass is 10.0. The molecule has 0 atom stereocenters. The lowest BCUT2D eigenvalue weighted by Gasteiger charge is -2.10. The fourth-order valence-corrected chi connectivity index (χ4v) is 3.30. The number of benzene rings is 1. The summed E-state index contributed by atoms with van der Waals surface area (Å²) in [6.45, 7) is 0. The third kappa shape index (κ3) is 6.00. The van der Waals surface area contributed by atoms with Gasteiger partial charge in [-0.3, -0.25) is 14.8 Å². The molecule has 0 aliphatic rings. The van der Waals surface area contributed by atoms with Gasteiger partial charge in [0.25, 0.3) is 0 Å². The molecular weight excluding hydrogens is 400 g/mol. The minimum Gasteiger partial charge on any atom is -0.497 e. The molecule has 2 heterocycles. The Bertz CT molecular complexity index is 1010. The number of nitrogens with one attached hydrogen (secondary N) is 1. The molecule has 0 spiro atoms. The van der Waals surface area contributed by atoms with E-state index in [4.69, 9.17) is 16.3 Å². The number of ether oxygens (including phenoxy) is 1. The first kappa shape index (κ1) is 21.7. The van der Waals surface area contributed by atoms with E-state index in [1.807, 2.05) is 42.5 Å². The van der Waals surface area contributed by atoms with Gasteiger partial charge in [-0.15, -0.1) is 11.6 Å². The first-order chi connectivity index (χ1) is 14.7. The van der Waals surface area contributed by atoms with Crippen molar-refractivity contribution >= 4 is 34.1 Å². The molecule has 3 aromatic rings. The number of hydrogen-bond donors (Lipinski definition) is 1. The van der Waals surface area contributed by atoms with Crippen molar-refractivity contribution in [3.05, 3.63) is 66.1 Å². The Labute approximate surface area is 181 Å². The van der Waals surface area contributed by atoms with Gasteiger partial charge in [-0.25, -0.2) is 5.43 Å². The summed E-state index contributed by atoms with van der Waals surface area (Å²) in [5.41, 5.74) is 5.98. The minimum atomic E-state index is -0.109. The Hall–Kier alpha value is -2.99. The highest BCUT2D eigenvalue weighted by molar-refractivity contribution is 6.17. The predicted molar refractivity (Wildman–Crippen MR) is 120 cm³/mol. The lowest BCUT2D eigenvalue weighted by Crippen LogP contribution is -2.21. The number of carbonyl (C=O) groups is 1. The summed E-state index contributed by atoms with van der Waals surface area (Å²) >= 11 is 5.68. The zero-order chi connectivity index (χ0) is 21.2. The van der Waals surface area contributed by atoms with E-state index in [2.05, 4.69) is 20.5 Å². The van der Waals surface area contributed by atoms with Crippen LogP contribution in [0.4, 0.5) is 0 Å². The molecule has 1 N–H and O–H groups in total. The number of fused-ring (bicyclic) bond motifs is 1. The molecule has 3 rings (SSSR count). The molecule has 2 aromatic heterocycles. The number of carbonyl (C=O) groups excluding carboxylic acids is 1. The molecule has 7 heteroatoms. The first-order valence-electron chi connectivity index (χ1n) is 9.95. The van der Waals surface area contributed by atoms with Crippen molar-refractivity contribution in [1.82, 2.24) is 15.4 Å². The highest BCUT2D eigenvalue weighted by Crippen LogP contribution is 2.23. The second-order valence-corrected chi connectivity index (χ2v) is 7.22. The monoisotopic (exact) mass is 424 g/mol. The highest BCUT2D eigenvalue weighted by atomic mass is 35.5. The van der Waals surface area contributed by atoms with Crippen LogP contribution in [-0.4, -0.2) is 34.6 Å². The van der Waals surface area contributed by atoms with Gasteiger partial charge in [0, 0.05) is 42.6 Å². The van der Waals surface area contributed by atoms with E-state index in [0.29, 0.717) is 24.4 Å². The molecule has 30 heavy (non-hydrogen) atoms. The second kappa shape index (κ2) is 11.3. The number of methoxy groups -OCH3 is 1. The number of alkyl halides is 1. The molecule has 6 nitrogen and oxygen atoms in total. The summed E-state index contributed by atoms with van der Waals surface area (Å²) in [6.07, 6.45) is 7.06. The molecule has 0 saturated carbocycles. The summed E-state index contributed by atoms with van der Waals surface area (Å²) in [5.74, 6) is 1.27. The fourth-order valence-electron chi connectivity index (χ4n) is 3.11. The van der Waals surface area contributed by atoms with Gasteiger partial charge < -0.3 is 4.74 Å². The van der Waals surface area contributed by atoms with Crippen LogP contribution in [-0.2, 0) is 11.2 Å². The molecule has 0 aliphatic carbocycles. The van der Waals surface area contributed by atoms with Crippen molar-refractivity contribution in [1.29, 1.82) is 0 Å². The fraction of sp³-hybridized carbons (Fsp3) is 0.304. The van der Waals surface area contributed by atoms with Gasteiger partial charge in [0.15, 0.2) is 0 Å². The third-order valence-corrected chi connectivity index (χ3v) is 4.98. The zero-order valence-electron chi connectivity index (χ0n) is 17.0. The first-order valence-corrected chi connectivity index (χ1v) is 10.5. The smallest absolute Gasteiger partial charge is 0.240 e. The predicted octanol–water partition coefficient (Wildman–Crippen LogP) is 4.50. The largest absolute Gasteiger partial charge is 0.497 e. The average molecular weight is 425 g/mol. The number of unbranched alkanes of at least 4 members (excludes halogenated alkanes) is 2. The van der Waals surface area contributed by atoms with Crippen molar-refractivity contribution in [2.24, 2.45) is 5.10 Å². The summed E-state index contributed by atoms with van der Waals surface area (Å²) in [5, 5.41) is 5.42. The Morgan fingerprint density at radius 1 is 1.10 bits per heavy atom. The maximum atomic E-state index is 12.2. The van der Waals surface area contributed by atoms with Crippen LogP contribution in [0.3, 0.4) is 0 Å². The molecule has 0 unspecified atom stereocenters. The Balaban J connectivity index is 1.82. The Morgan fingerprint density at radius 2 is 2.00 bits per heavy atom. The summed E-state index contributed by atoms with van der Waals surface area (Å²) in [6, 6.07) is 13.4. The molecule has 1 amide bonds. The topological polar surface area (TPSA) is 76.5 Å². The van der Waals surface area contributed by atoms with Gasteiger partial charge in [0.1, 0.15) is 5.75 Å². The van der Waals surface area contributed by atoms with E-state index in [9.17, 15) is 4.79 Å². The van der Waals surface area contributed by atoms with Gasteiger partial charge in [-0.2, -0.15) is 5.10 Å². The quantitative estimate of drug-likeness (QED) is 0.225. The van der Waals surface area contributed by atoms with E-state index in [0.717, 1.165) is 47.2 Å². The number of halogens is 1. The number of hydrogen-bond acceptors (Lipinski definition) is 5. The normalized spacial score (nSPS) is 11.5. The third-order valence-electron chi connectivity index (χ3n) is 4.71. The molecule has 156 valence electrons. The van der Waals surface area contributed by atoms with E-state index in [1.165, 1.54) is 0 Å². The maximum Gasteiger partial charge on any atom is 0.240 e. The standard InChI is InChI=1S/C23H25ClN4O2/c1-30-18-9-10-19-17(11-14-26-21(19)16-18)15-22(20-7-4-6-13-25-20)27-28-23(29)8-3-2-5-12-24/h4,6-7,9-11,13-14,16H,2-3,5,8,12,15H2,1H3,(H,28,29). The molecule has 0 radical (unpaired) electrons. The van der Waals surface area contributed by atoms with Crippen LogP contribution in [0.1, 0.15) is 36.9 Å². The van der Waals surface area contributed by atoms with Gasteiger partial charge >= 0.3 is 0 Å². The van der Waals surface area contributed by atoms with Crippen LogP contribution in [0.5, 0.6) is 5.75 Å².